The summed E-state index contributed by atoms with van der Waals surface area (Å²) in [5, 5.41) is 35.5. The molecule has 15 heavy (non-hydrogen) atoms. The number of nitriles is 3. The van der Waals surface area contributed by atoms with Crippen LogP contribution in [-0.4, -0.2) is 5.11 Å². The van der Waals surface area contributed by atoms with E-state index in [1.807, 2.05) is 0 Å². The molecule has 0 radical (unpaired) electrons. The molecular weight excluding hydrogens is 190 g/mol. The Morgan fingerprint density at radius 3 is 1.73 bits per heavy atom. The topological polar surface area (TPSA) is 91.6 Å². The maximum Gasteiger partial charge on any atom is 0.201 e. The normalized spacial score (nSPS) is 8.07. The highest BCUT2D eigenvalue weighted by atomic mass is 16.3. The van der Waals surface area contributed by atoms with E-state index >= 15 is 0 Å². The van der Waals surface area contributed by atoms with Crippen molar-refractivity contribution in [1.82, 2.24) is 0 Å². The van der Waals surface area contributed by atoms with Crippen molar-refractivity contribution in [3.8, 4) is 18.2 Å². The van der Waals surface area contributed by atoms with E-state index in [0.29, 0.717) is 10.4 Å². The number of hydrogen-bond acceptors (Lipinski definition) is 4. The molecule has 0 amide bonds. The average molecular weight is 195 g/mol. The van der Waals surface area contributed by atoms with Crippen molar-refractivity contribution in [3.63, 3.8) is 0 Å². The summed E-state index contributed by atoms with van der Waals surface area (Å²) in [6, 6.07) is 11.1. The summed E-state index contributed by atoms with van der Waals surface area (Å²) < 4.78 is 0. The Bertz CT molecular complexity index is 584. The molecule has 0 bridgehead atoms. The lowest BCUT2D eigenvalue weighted by Gasteiger charge is -1.88. The maximum absolute atomic E-state index is 9.09. The standard InChI is InChI=1S/C11H5N3O/c12-5-10(6-13)8-1-3-9(4-2-8)11(15)7-14/h1-4,15H. The Balaban J connectivity index is 3.52. The van der Waals surface area contributed by atoms with Crippen LogP contribution in [0, 0.1) is 34.0 Å². The molecule has 0 aromatic heterocycles. The molecule has 1 aromatic carbocycles. The van der Waals surface area contributed by atoms with Crippen LogP contribution in [0.2, 0.25) is 0 Å². The second kappa shape index (κ2) is 4.46. The molecule has 1 N–H and O–H groups in total. The van der Waals surface area contributed by atoms with Crippen LogP contribution in [-0.2, 0) is 0 Å². The Morgan fingerprint density at radius 1 is 0.867 bits per heavy atom. The summed E-state index contributed by atoms with van der Waals surface area (Å²) in [4.78, 5) is 0. The van der Waals surface area contributed by atoms with Gasteiger partial charge in [0.1, 0.15) is 23.8 Å². The molecule has 0 unspecified atom stereocenters. The molecule has 0 saturated heterocycles. The second-order valence-corrected chi connectivity index (χ2v) is 2.64. The molecule has 0 atom stereocenters. The Labute approximate surface area is 85.8 Å². The van der Waals surface area contributed by atoms with Crippen molar-refractivity contribution in [2.24, 2.45) is 0 Å². The minimum Gasteiger partial charge on any atom is -0.499 e. The zero-order valence-corrected chi connectivity index (χ0v) is 7.60. The summed E-state index contributed by atoms with van der Waals surface area (Å²) in [5.41, 5.74) is -0.00185. The fourth-order valence-corrected chi connectivity index (χ4v) is 1.01. The molecule has 1 rings (SSSR count). The fraction of sp³-hybridized carbons (Fsp3) is 0. The minimum absolute atomic E-state index is 0.00185. The number of rotatable bonds is 0. The molecule has 0 fully saturated rings. The van der Waals surface area contributed by atoms with Gasteiger partial charge in [-0.2, -0.15) is 15.8 Å². The highest BCUT2D eigenvalue weighted by molar-refractivity contribution is 5.72. The first-order chi connectivity index (χ1) is 7.22. The van der Waals surface area contributed by atoms with Gasteiger partial charge in [0, 0.05) is 10.4 Å². The summed E-state index contributed by atoms with van der Waals surface area (Å²) in [7, 11) is 0. The fourth-order valence-electron chi connectivity index (χ4n) is 1.01. The first-order valence-electron chi connectivity index (χ1n) is 3.97. The predicted molar refractivity (Wildman–Crippen MR) is 52.0 cm³/mol. The smallest absolute Gasteiger partial charge is 0.201 e. The van der Waals surface area contributed by atoms with E-state index in [-0.39, 0.29) is 5.57 Å². The zero-order valence-electron chi connectivity index (χ0n) is 7.60. The van der Waals surface area contributed by atoms with Crippen LogP contribution in [0.5, 0.6) is 0 Å². The average Bonchev–Trinajstić information content (AvgIpc) is 2.30. The summed E-state index contributed by atoms with van der Waals surface area (Å²) in [6.45, 7) is 0. The number of aliphatic hydroxyl groups is 1. The SMILES string of the molecule is N#CC(O)=c1ccc(=C(C#N)C#N)cc1. The van der Waals surface area contributed by atoms with Crippen molar-refractivity contribution in [3.05, 3.63) is 34.7 Å². The molecule has 70 valence electrons. The summed E-state index contributed by atoms with van der Waals surface area (Å²) in [5.74, 6) is -0.392. The molecule has 0 aliphatic heterocycles. The molecule has 0 aliphatic carbocycles. The van der Waals surface area contributed by atoms with E-state index in [2.05, 4.69) is 0 Å². The Hall–Kier alpha value is -2.77. The maximum atomic E-state index is 9.09. The van der Waals surface area contributed by atoms with Crippen LogP contribution < -0.4 is 10.4 Å². The van der Waals surface area contributed by atoms with Gasteiger partial charge in [-0.1, -0.05) is 12.1 Å². The number of nitrogens with zero attached hydrogens (tertiary/aromatic N) is 3. The summed E-state index contributed by atoms with van der Waals surface area (Å²) in [6.07, 6.45) is 0. The molecule has 0 aliphatic rings. The van der Waals surface area contributed by atoms with Crippen molar-refractivity contribution in [2.45, 2.75) is 0 Å². The monoisotopic (exact) mass is 195 g/mol. The van der Waals surface area contributed by atoms with Crippen LogP contribution in [0.3, 0.4) is 0 Å². The lowest BCUT2D eigenvalue weighted by Crippen LogP contribution is -2.11. The van der Waals surface area contributed by atoms with Crippen molar-refractivity contribution < 1.29 is 5.11 Å². The molecule has 4 nitrogen and oxygen atoms in total. The van der Waals surface area contributed by atoms with Gasteiger partial charge in [0.2, 0.25) is 5.76 Å². The Morgan fingerprint density at radius 2 is 1.33 bits per heavy atom. The van der Waals surface area contributed by atoms with Gasteiger partial charge in [-0.05, 0) is 12.1 Å². The van der Waals surface area contributed by atoms with Gasteiger partial charge in [-0.15, -0.1) is 0 Å². The quantitative estimate of drug-likeness (QED) is 0.593. The van der Waals surface area contributed by atoms with Gasteiger partial charge < -0.3 is 5.11 Å². The summed E-state index contributed by atoms with van der Waals surface area (Å²) >= 11 is 0. The number of benzene rings is 1. The molecule has 1 aromatic rings. The van der Waals surface area contributed by atoms with Crippen LogP contribution in [0.1, 0.15) is 0 Å². The third-order valence-electron chi connectivity index (χ3n) is 1.78. The molecule has 0 spiro atoms. The van der Waals surface area contributed by atoms with Gasteiger partial charge in [-0.25, -0.2) is 0 Å². The minimum atomic E-state index is -0.392. The van der Waals surface area contributed by atoms with E-state index < -0.39 is 5.76 Å². The van der Waals surface area contributed by atoms with E-state index in [9.17, 15) is 0 Å². The van der Waals surface area contributed by atoms with E-state index in [0.717, 1.165) is 0 Å². The van der Waals surface area contributed by atoms with Crippen molar-refractivity contribution in [1.29, 1.82) is 15.8 Å². The van der Waals surface area contributed by atoms with Gasteiger partial charge >= 0.3 is 0 Å². The highest BCUT2D eigenvalue weighted by Gasteiger charge is 1.94. The molecular formula is C11H5N3O. The number of hydrogen-bond donors (Lipinski definition) is 1. The third-order valence-corrected chi connectivity index (χ3v) is 1.78. The van der Waals surface area contributed by atoms with Gasteiger partial charge in [-0.3, -0.25) is 0 Å². The van der Waals surface area contributed by atoms with Crippen molar-refractivity contribution >= 4 is 11.3 Å². The third kappa shape index (κ3) is 2.12. The van der Waals surface area contributed by atoms with Crippen LogP contribution in [0.4, 0.5) is 0 Å². The van der Waals surface area contributed by atoms with E-state index in [1.165, 1.54) is 24.3 Å². The molecule has 0 saturated carbocycles. The van der Waals surface area contributed by atoms with Crippen molar-refractivity contribution in [2.75, 3.05) is 0 Å². The first-order valence-corrected chi connectivity index (χ1v) is 3.97. The Kier molecular flexibility index (Phi) is 3.07. The second-order valence-electron chi connectivity index (χ2n) is 2.64. The first kappa shape index (κ1) is 10.3. The van der Waals surface area contributed by atoms with Crippen LogP contribution in [0.15, 0.2) is 24.3 Å². The molecule has 4 heteroatoms. The zero-order chi connectivity index (χ0) is 11.3. The highest BCUT2D eigenvalue weighted by Crippen LogP contribution is 1.86. The number of aliphatic hydroxyl groups excluding tert-OH is 1. The lowest BCUT2D eigenvalue weighted by molar-refractivity contribution is 0.514. The van der Waals surface area contributed by atoms with Crippen LogP contribution >= 0.6 is 0 Å². The van der Waals surface area contributed by atoms with Gasteiger partial charge in [0.25, 0.3) is 0 Å². The van der Waals surface area contributed by atoms with Crippen LogP contribution in [0.25, 0.3) is 11.3 Å². The van der Waals surface area contributed by atoms with Gasteiger partial charge in [0.15, 0.2) is 0 Å². The largest absolute Gasteiger partial charge is 0.499 e. The lowest BCUT2D eigenvalue weighted by atomic mass is 10.2. The predicted octanol–water partition coefficient (Wildman–Crippen LogP) is 0.0742. The van der Waals surface area contributed by atoms with E-state index in [4.69, 9.17) is 20.9 Å². The van der Waals surface area contributed by atoms with Gasteiger partial charge in [0.05, 0.1) is 0 Å². The van der Waals surface area contributed by atoms with E-state index in [1.54, 1.807) is 18.2 Å². The molecule has 0 heterocycles.